The Bertz CT molecular complexity index is 687. The van der Waals surface area contributed by atoms with Crippen LogP contribution in [0.4, 0.5) is 0 Å². The van der Waals surface area contributed by atoms with E-state index < -0.39 is 0 Å². The van der Waals surface area contributed by atoms with Crippen molar-refractivity contribution in [3.63, 3.8) is 0 Å². The largest absolute Gasteiger partial charge is 0.388 e. The van der Waals surface area contributed by atoms with E-state index in [0.717, 1.165) is 30.3 Å². The first-order valence-electron chi connectivity index (χ1n) is 8.17. The summed E-state index contributed by atoms with van der Waals surface area (Å²) in [6.07, 6.45) is 15.3. The number of aldehydes is 2. The van der Waals surface area contributed by atoms with Crippen LogP contribution in [0.25, 0.3) is 6.08 Å². The summed E-state index contributed by atoms with van der Waals surface area (Å²) in [5.41, 5.74) is 3.18. The highest BCUT2D eigenvalue weighted by atomic mass is 16.1. The van der Waals surface area contributed by atoms with E-state index in [4.69, 9.17) is 0 Å². The molecular weight excluding hydrogens is 312 g/mol. The van der Waals surface area contributed by atoms with Gasteiger partial charge in [0.1, 0.15) is 12.6 Å². The van der Waals surface area contributed by atoms with Crippen LogP contribution >= 0.6 is 0 Å². The maximum absolute atomic E-state index is 10.3. The predicted molar refractivity (Wildman–Crippen MR) is 104 cm³/mol. The third-order valence-electron chi connectivity index (χ3n) is 3.99. The van der Waals surface area contributed by atoms with Gasteiger partial charge in [0, 0.05) is 12.7 Å². The van der Waals surface area contributed by atoms with Crippen molar-refractivity contribution in [2.24, 2.45) is 0 Å². The summed E-state index contributed by atoms with van der Waals surface area (Å²) in [4.78, 5) is 20.3. The number of allylic oxidation sites excluding steroid dienone is 3. The van der Waals surface area contributed by atoms with Crippen LogP contribution in [-0.2, 0) is 9.59 Å². The molecule has 0 heterocycles. The molecule has 0 saturated heterocycles. The number of carbonyl (C=O) groups is 2. The first-order chi connectivity index (χ1) is 12.1. The van der Waals surface area contributed by atoms with Crippen LogP contribution in [0, 0.1) is 6.92 Å². The third kappa shape index (κ3) is 6.73. The molecule has 0 amide bonds. The Hall–Kier alpha value is -2.72. The molecule has 0 aromatic heterocycles. The number of hydrogen-bond acceptors (Lipinski definition) is 4. The zero-order valence-electron chi connectivity index (χ0n) is 15.0. The van der Waals surface area contributed by atoms with Gasteiger partial charge < -0.3 is 10.6 Å². The Morgan fingerprint density at radius 2 is 1.80 bits per heavy atom. The molecule has 1 aromatic carbocycles. The summed E-state index contributed by atoms with van der Waals surface area (Å²) in [7, 11) is 3.78. The summed E-state index contributed by atoms with van der Waals surface area (Å²) in [5, 5.41) is 6.27. The van der Waals surface area contributed by atoms with Gasteiger partial charge >= 0.3 is 0 Å². The minimum atomic E-state index is -0.207. The highest BCUT2D eigenvalue weighted by Crippen LogP contribution is 2.20. The van der Waals surface area contributed by atoms with Gasteiger partial charge in [-0.2, -0.15) is 0 Å². The van der Waals surface area contributed by atoms with Gasteiger partial charge in [-0.3, -0.25) is 9.59 Å². The van der Waals surface area contributed by atoms with Crippen LogP contribution in [0.1, 0.15) is 17.5 Å². The van der Waals surface area contributed by atoms with Gasteiger partial charge in [-0.25, -0.2) is 0 Å². The lowest BCUT2D eigenvalue weighted by Gasteiger charge is -2.28. The molecule has 1 aliphatic rings. The van der Waals surface area contributed by atoms with Crippen LogP contribution in [0.3, 0.4) is 0 Å². The highest BCUT2D eigenvalue weighted by Gasteiger charge is 2.22. The van der Waals surface area contributed by atoms with Crippen molar-refractivity contribution in [2.45, 2.75) is 18.9 Å². The van der Waals surface area contributed by atoms with Gasteiger partial charge in [-0.15, -0.1) is 0 Å². The van der Waals surface area contributed by atoms with E-state index in [9.17, 15) is 9.59 Å². The predicted octanol–water partition coefficient (Wildman–Crippen LogP) is 2.97. The number of rotatable bonds is 6. The SMILES string of the molecule is CNC1=CCC(C=CC=O)(NC)C=C1.Cc1ccccc1C=CC=O. The summed E-state index contributed by atoms with van der Waals surface area (Å²) in [6, 6.07) is 7.94. The van der Waals surface area contributed by atoms with Gasteiger partial charge in [0.15, 0.2) is 0 Å². The van der Waals surface area contributed by atoms with Gasteiger partial charge in [-0.05, 0) is 49.7 Å². The first-order valence-corrected chi connectivity index (χ1v) is 8.17. The summed E-state index contributed by atoms with van der Waals surface area (Å²) in [6.45, 7) is 2.02. The molecule has 0 spiro atoms. The van der Waals surface area contributed by atoms with Crippen LogP contribution in [0.5, 0.6) is 0 Å². The second-order valence-electron chi connectivity index (χ2n) is 5.58. The summed E-state index contributed by atoms with van der Waals surface area (Å²) < 4.78 is 0. The van der Waals surface area contributed by atoms with E-state index in [1.165, 1.54) is 17.7 Å². The molecule has 25 heavy (non-hydrogen) atoms. The van der Waals surface area contributed by atoms with Crippen molar-refractivity contribution >= 4 is 18.6 Å². The average molecular weight is 338 g/mol. The average Bonchev–Trinajstić information content (AvgIpc) is 2.67. The quantitative estimate of drug-likeness (QED) is 0.618. The summed E-state index contributed by atoms with van der Waals surface area (Å²) in [5.74, 6) is 0. The number of carbonyl (C=O) groups excluding carboxylic acids is 2. The normalized spacial score (nSPS) is 19.2. The molecule has 132 valence electrons. The lowest BCUT2D eigenvalue weighted by atomic mass is 9.90. The molecule has 0 radical (unpaired) electrons. The van der Waals surface area contributed by atoms with Gasteiger partial charge in [0.25, 0.3) is 0 Å². The smallest absolute Gasteiger partial charge is 0.142 e. The number of aryl methyl sites for hydroxylation is 1. The highest BCUT2D eigenvalue weighted by molar-refractivity contribution is 5.74. The fraction of sp³-hybridized carbons (Fsp3) is 0.238. The Balaban J connectivity index is 0.000000257. The molecule has 1 aliphatic carbocycles. The summed E-state index contributed by atoms with van der Waals surface area (Å²) >= 11 is 0. The Labute approximate surface area is 150 Å². The molecule has 0 saturated carbocycles. The van der Waals surface area contributed by atoms with E-state index >= 15 is 0 Å². The van der Waals surface area contributed by atoms with Crippen molar-refractivity contribution in [2.75, 3.05) is 14.1 Å². The minimum Gasteiger partial charge on any atom is -0.388 e. The maximum atomic E-state index is 10.3. The standard InChI is InChI=1S/C11H16N2O.C10H10O/c1-12-10-4-7-11(13-2,8-5-10)6-3-9-14;1-9-5-2-3-6-10(9)7-4-8-11/h3-7,9,12-13H,8H2,1-2H3;2-8H,1H3. The van der Waals surface area contributed by atoms with Crippen molar-refractivity contribution < 1.29 is 9.59 Å². The molecule has 2 rings (SSSR count). The van der Waals surface area contributed by atoms with Crippen molar-refractivity contribution in [1.82, 2.24) is 10.6 Å². The van der Waals surface area contributed by atoms with Crippen molar-refractivity contribution in [3.8, 4) is 0 Å². The van der Waals surface area contributed by atoms with E-state index in [1.807, 2.05) is 63.5 Å². The number of nitrogens with one attached hydrogen (secondary N) is 2. The van der Waals surface area contributed by atoms with E-state index in [0.29, 0.717) is 0 Å². The molecule has 1 unspecified atom stereocenters. The molecule has 4 heteroatoms. The molecule has 0 fully saturated rings. The van der Waals surface area contributed by atoms with Gasteiger partial charge in [0.2, 0.25) is 0 Å². The molecule has 0 bridgehead atoms. The topological polar surface area (TPSA) is 58.2 Å². The van der Waals surface area contributed by atoms with Crippen LogP contribution in [0.15, 0.2) is 66.4 Å². The molecule has 1 atom stereocenters. The second-order valence-corrected chi connectivity index (χ2v) is 5.58. The Morgan fingerprint density at radius 1 is 1.08 bits per heavy atom. The van der Waals surface area contributed by atoms with Crippen LogP contribution < -0.4 is 10.6 Å². The molecule has 2 N–H and O–H groups in total. The van der Waals surface area contributed by atoms with E-state index in [1.54, 1.807) is 0 Å². The Morgan fingerprint density at radius 3 is 2.32 bits per heavy atom. The lowest BCUT2D eigenvalue weighted by Crippen LogP contribution is -2.40. The number of likely N-dealkylation sites (N-methyl/N-ethyl adjacent to an activating group) is 2. The van der Waals surface area contributed by atoms with E-state index in [2.05, 4.69) is 22.8 Å². The monoisotopic (exact) mass is 338 g/mol. The zero-order valence-corrected chi connectivity index (χ0v) is 15.0. The molecule has 0 aliphatic heterocycles. The molecule has 4 nitrogen and oxygen atoms in total. The third-order valence-corrected chi connectivity index (χ3v) is 3.99. The number of benzene rings is 1. The molecule has 1 aromatic rings. The van der Waals surface area contributed by atoms with Crippen LogP contribution in [-0.4, -0.2) is 32.2 Å². The minimum absolute atomic E-state index is 0.207. The second kappa shape index (κ2) is 10.9. The van der Waals surface area contributed by atoms with Gasteiger partial charge in [0.05, 0.1) is 5.54 Å². The maximum Gasteiger partial charge on any atom is 0.142 e. The fourth-order valence-corrected chi connectivity index (χ4v) is 2.36. The first kappa shape index (κ1) is 20.3. The fourth-order valence-electron chi connectivity index (χ4n) is 2.36. The van der Waals surface area contributed by atoms with Crippen molar-refractivity contribution in [1.29, 1.82) is 0 Å². The number of hydrogen-bond donors (Lipinski definition) is 2. The molecular formula is C21H26N2O2. The van der Waals surface area contributed by atoms with Gasteiger partial charge in [-0.1, -0.05) is 48.6 Å². The van der Waals surface area contributed by atoms with Crippen molar-refractivity contribution in [3.05, 3.63) is 77.5 Å². The van der Waals surface area contributed by atoms with E-state index in [-0.39, 0.29) is 5.54 Å². The Kier molecular flexibility index (Phi) is 8.90. The lowest BCUT2D eigenvalue weighted by molar-refractivity contribution is -0.104. The zero-order chi connectivity index (χ0) is 18.5. The van der Waals surface area contributed by atoms with Crippen LogP contribution in [0.2, 0.25) is 0 Å².